The average molecular weight is 288 g/mol. The van der Waals surface area contributed by atoms with Gasteiger partial charge in [-0.3, -0.25) is 4.79 Å². The zero-order valence-corrected chi connectivity index (χ0v) is 12.0. The number of carboxylic acid groups (broad SMARTS) is 1. The van der Waals surface area contributed by atoms with E-state index in [0.29, 0.717) is 39.5 Å². The molecule has 1 atom stereocenters. The van der Waals surface area contributed by atoms with Crippen LogP contribution in [0.15, 0.2) is 0 Å². The fourth-order valence-corrected chi connectivity index (χ4v) is 2.25. The van der Waals surface area contributed by atoms with Crippen molar-refractivity contribution in [2.24, 2.45) is 5.92 Å². The van der Waals surface area contributed by atoms with Gasteiger partial charge < -0.3 is 24.8 Å². The lowest BCUT2D eigenvalue weighted by atomic mass is 9.95. The van der Waals surface area contributed by atoms with Crippen LogP contribution in [0, 0.1) is 5.92 Å². The third kappa shape index (κ3) is 6.72. The lowest BCUT2D eigenvalue weighted by Crippen LogP contribution is -2.46. The maximum Gasteiger partial charge on any atom is 0.317 e. The van der Waals surface area contributed by atoms with E-state index in [1.54, 1.807) is 12.0 Å². The minimum Gasteiger partial charge on any atom is -0.481 e. The van der Waals surface area contributed by atoms with Crippen LogP contribution in [0.1, 0.15) is 19.3 Å². The van der Waals surface area contributed by atoms with Gasteiger partial charge in [0.2, 0.25) is 0 Å². The first-order chi connectivity index (χ1) is 9.63. The highest BCUT2D eigenvalue weighted by atomic mass is 16.5. The number of ether oxygens (including phenoxy) is 2. The third-order valence-corrected chi connectivity index (χ3v) is 3.22. The monoisotopic (exact) mass is 288 g/mol. The molecule has 2 N–H and O–H groups in total. The summed E-state index contributed by atoms with van der Waals surface area (Å²) in [5, 5.41) is 11.6. The van der Waals surface area contributed by atoms with E-state index in [1.807, 2.05) is 0 Å². The number of carboxylic acids is 1. The molecule has 1 aliphatic heterocycles. The van der Waals surface area contributed by atoms with Crippen LogP contribution in [0.4, 0.5) is 4.79 Å². The minimum atomic E-state index is -0.802. The summed E-state index contributed by atoms with van der Waals surface area (Å²) in [5.41, 5.74) is 0. The van der Waals surface area contributed by atoms with Crippen LogP contribution in [0.5, 0.6) is 0 Å². The van der Waals surface area contributed by atoms with E-state index in [2.05, 4.69) is 5.32 Å². The fraction of sp³-hybridized carbons (Fsp3) is 0.846. The first kappa shape index (κ1) is 16.7. The van der Waals surface area contributed by atoms with Gasteiger partial charge in [-0.25, -0.2) is 4.79 Å². The van der Waals surface area contributed by atoms with E-state index in [4.69, 9.17) is 14.6 Å². The van der Waals surface area contributed by atoms with Crippen LogP contribution in [-0.2, 0) is 14.3 Å². The van der Waals surface area contributed by atoms with Crippen LogP contribution in [-0.4, -0.2) is 68.6 Å². The number of carbonyl (C=O) groups excluding carboxylic acids is 1. The second-order valence-corrected chi connectivity index (χ2v) is 4.89. The van der Waals surface area contributed by atoms with Gasteiger partial charge in [0.1, 0.15) is 0 Å². The molecule has 1 heterocycles. The van der Waals surface area contributed by atoms with Crippen molar-refractivity contribution in [1.82, 2.24) is 10.2 Å². The van der Waals surface area contributed by atoms with Crippen LogP contribution in [0.25, 0.3) is 0 Å². The smallest absolute Gasteiger partial charge is 0.317 e. The van der Waals surface area contributed by atoms with E-state index in [1.165, 1.54) is 0 Å². The topological polar surface area (TPSA) is 88.1 Å². The molecule has 20 heavy (non-hydrogen) atoms. The second-order valence-electron chi connectivity index (χ2n) is 4.89. The van der Waals surface area contributed by atoms with Crippen molar-refractivity contribution >= 4 is 12.0 Å². The highest BCUT2D eigenvalue weighted by Gasteiger charge is 2.24. The lowest BCUT2D eigenvalue weighted by molar-refractivity contribution is -0.138. The lowest BCUT2D eigenvalue weighted by Gasteiger charge is -2.32. The number of nitrogens with zero attached hydrogens (tertiary/aromatic N) is 1. The first-order valence-corrected chi connectivity index (χ1v) is 6.94. The van der Waals surface area contributed by atoms with Crippen molar-refractivity contribution in [2.45, 2.75) is 19.3 Å². The number of amides is 2. The molecule has 0 aromatic carbocycles. The molecule has 7 nitrogen and oxygen atoms in total. The van der Waals surface area contributed by atoms with Gasteiger partial charge in [0.15, 0.2) is 0 Å². The van der Waals surface area contributed by atoms with Crippen molar-refractivity contribution in [3.8, 4) is 0 Å². The number of rotatable bonds is 8. The molecule has 0 aromatic rings. The molecule has 0 bridgehead atoms. The maximum atomic E-state index is 11.9. The normalized spacial score (nSPS) is 18.9. The number of hydrogen-bond donors (Lipinski definition) is 2. The molecule has 1 unspecified atom stereocenters. The Morgan fingerprint density at radius 1 is 1.35 bits per heavy atom. The van der Waals surface area contributed by atoms with Crippen molar-refractivity contribution < 1.29 is 24.2 Å². The van der Waals surface area contributed by atoms with E-state index >= 15 is 0 Å². The molecule has 0 spiro atoms. The molecule has 1 saturated heterocycles. The molecule has 116 valence electrons. The maximum absolute atomic E-state index is 11.9. The molecular formula is C13H24N2O5. The standard InChI is InChI=1S/C13H24N2O5/c1-19-7-8-20-6-4-14-13(18)15-5-2-3-11(10-15)9-12(16)17/h11H,2-10H2,1H3,(H,14,18)(H,16,17). The molecule has 2 amide bonds. The van der Waals surface area contributed by atoms with Gasteiger partial charge in [-0.2, -0.15) is 0 Å². The van der Waals surface area contributed by atoms with E-state index in [0.717, 1.165) is 12.8 Å². The SMILES string of the molecule is COCCOCCNC(=O)N1CCCC(CC(=O)O)C1. The van der Waals surface area contributed by atoms with Crippen LogP contribution in [0.3, 0.4) is 0 Å². The van der Waals surface area contributed by atoms with Crippen LogP contribution < -0.4 is 5.32 Å². The number of piperidine rings is 1. The summed E-state index contributed by atoms with van der Waals surface area (Å²) in [6.07, 6.45) is 1.86. The van der Waals surface area contributed by atoms with Gasteiger partial charge in [-0.05, 0) is 18.8 Å². The Morgan fingerprint density at radius 3 is 2.85 bits per heavy atom. The number of methoxy groups -OCH3 is 1. The summed E-state index contributed by atoms with van der Waals surface area (Å²) in [4.78, 5) is 24.3. The van der Waals surface area contributed by atoms with Gasteiger partial charge in [-0.1, -0.05) is 0 Å². The molecule has 7 heteroatoms. The third-order valence-electron chi connectivity index (χ3n) is 3.22. The highest BCUT2D eigenvalue weighted by Crippen LogP contribution is 2.19. The highest BCUT2D eigenvalue weighted by molar-refractivity contribution is 5.74. The number of carbonyl (C=O) groups is 2. The first-order valence-electron chi connectivity index (χ1n) is 6.94. The van der Waals surface area contributed by atoms with Gasteiger partial charge in [-0.15, -0.1) is 0 Å². The Bertz CT molecular complexity index is 311. The number of hydrogen-bond acceptors (Lipinski definition) is 4. The summed E-state index contributed by atoms with van der Waals surface area (Å²) in [6.45, 7) is 3.15. The molecule has 1 aliphatic rings. The van der Waals surface area contributed by atoms with Gasteiger partial charge in [0.05, 0.1) is 19.8 Å². The minimum absolute atomic E-state index is 0.0601. The summed E-state index contributed by atoms with van der Waals surface area (Å²) >= 11 is 0. The molecule has 0 aromatic heterocycles. The summed E-state index contributed by atoms with van der Waals surface area (Å²) in [7, 11) is 1.61. The molecule has 0 radical (unpaired) electrons. The number of urea groups is 1. The van der Waals surface area contributed by atoms with Gasteiger partial charge >= 0.3 is 12.0 Å². The zero-order valence-electron chi connectivity index (χ0n) is 12.0. The Balaban J connectivity index is 2.17. The Hall–Kier alpha value is -1.34. The van der Waals surface area contributed by atoms with Gasteiger partial charge in [0.25, 0.3) is 0 Å². The molecule has 0 aliphatic carbocycles. The van der Waals surface area contributed by atoms with E-state index in [-0.39, 0.29) is 18.4 Å². The van der Waals surface area contributed by atoms with E-state index < -0.39 is 5.97 Å². The number of likely N-dealkylation sites (tertiary alicyclic amines) is 1. The average Bonchev–Trinajstić information content (AvgIpc) is 2.42. The van der Waals surface area contributed by atoms with E-state index in [9.17, 15) is 9.59 Å². The van der Waals surface area contributed by atoms with Crippen LogP contribution >= 0.6 is 0 Å². The number of aliphatic carboxylic acids is 1. The van der Waals surface area contributed by atoms with Crippen LogP contribution in [0.2, 0.25) is 0 Å². The molecule has 1 fully saturated rings. The van der Waals surface area contributed by atoms with Crippen molar-refractivity contribution in [1.29, 1.82) is 0 Å². The molecular weight excluding hydrogens is 264 g/mol. The number of nitrogens with one attached hydrogen (secondary N) is 1. The second kappa shape index (κ2) is 9.55. The van der Waals surface area contributed by atoms with Gasteiger partial charge in [0, 0.05) is 33.2 Å². The Morgan fingerprint density at radius 2 is 2.15 bits per heavy atom. The quantitative estimate of drug-likeness (QED) is 0.637. The zero-order chi connectivity index (χ0) is 14.8. The Kier molecular flexibility index (Phi) is 7.98. The van der Waals surface area contributed by atoms with Crippen molar-refractivity contribution in [3.05, 3.63) is 0 Å². The predicted molar refractivity (Wildman–Crippen MR) is 72.6 cm³/mol. The largest absolute Gasteiger partial charge is 0.481 e. The van der Waals surface area contributed by atoms with Crippen molar-refractivity contribution in [3.63, 3.8) is 0 Å². The fourth-order valence-electron chi connectivity index (χ4n) is 2.25. The predicted octanol–water partition coefficient (Wildman–Crippen LogP) is 0.546. The summed E-state index contributed by atoms with van der Waals surface area (Å²) in [6, 6.07) is -0.143. The molecule has 1 rings (SSSR count). The molecule has 0 saturated carbocycles. The summed E-state index contributed by atoms with van der Waals surface area (Å²) in [5.74, 6) is -0.742. The Labute approximate surface area is 119 Å². The van der Waals surface area contributed by atoms with Crippen molar-refractivity contribution in [2.75, 3.05) is 46.6 Å². The summed E-state index contributed by atoms with van der Waals surface area (Å²) < 4.78 is 10.1.